The molecule has 3 heteroatoms. The maximum absolute atomic E-state index is 5.63. The topological polar surface area (TPSA) is 50.4 Å². The lowest BCUT2D eigenvalue weighted by atomic mass is 9.91. The van der Waals surface area contributed by atoms with Gasteiger partial charge in [0.15, 0.2) is 0 Å². The molecule has 2 aliphatic rings. The van der Waals surface area contributed by atoms with E-state index in [2.05, 4.69) is 57.1 Å². The first-order chi connectivity index (χ1) is 13.8. The van der Waals surface area contributed by atoms with Gasteiger partial charge in [-0.05, 0) is 87.8 Å². The number of aryl methyl sites for hydroxylation is 2. The van der Waals surface area contributed by atoms with Gasteiger partial charge in [-0.2, -0.15) is 0 Å². The van der Waals surface area contributed by atoms with E-state index < -0.39 is 0 Å². The fourth-order valence-electron chi connectivity index (χ4n) is 4.07. The Morgan fingerprint density at radius 1 is 1.14 bits per heavy atom. The van der Waals surface area contributed by atoms with Crippen molar-refractivity contribution in [1.82, 2.24) is 5.32 Å². The van der Waals surface area contributed by atoms with Crippen LogP contribution in [0.15, 0.2) is 40.2 Å². The highest BCUT2D eigenvalue weighted by Gasteiger charge is 2.30. The van der Waals surface area contributed by atoms with Crippen molar-refractivity contribution < 1.29 is 2.85 Å². The van der Waals surface area contributed by atoms with E-state index in [1.807, 2.05) is 40.8 Å². The Labute approximate surface area is 181 Å². The molecule has 3 rings (SSSR count). The lowest BCUT2D eigenvalue weighted by Gasteiger charge is -2.26. The van der Waals surface area contributed by atoms with Gasteiger partial charge in [-0.15, -0.1) is 0 Å². The largest absolute Gasteiger partial charge is 0.387 e. The van der Waals surface area contributed by atoms with E-state index in [4.69, 9.17) is 5.73 Å². The smallest absolute Gasteiger partial charge is 0.0957 e. The molecule has 1 heterocycles. The van der Waals surface area contributed by atoms with Crippen molar-refractivity contribution in [2.24, 2.45) is 10.7 Å². The van der Waals surface area contributed by atoms with Gasteiger partial charge in [-0.1, -0.05) is 45.4 Å². The van der Waals surface area contributed by atoms with Crippen LogP contribution in [0.3, 0.4) is 0 Å². The second kappa shape index (κ2) is 11.0. The van der Waals surface area contributed by atoms with Gasteiger partial charge < -0.3 is 11.1 Å². The molecule has 3 N–H and O–H groups in total. The van der Waals surface area contributed by atoms with Crippen LogP contribution in [0.25, 0.3) is 5.57 Å². The third-order valence-corrected chi connectivity index (χ3v) is 5.33. The number of nitrogens with one attached hydrogen (secondary N) is 1. The summed E-state index contributed by atoms with van der Waals surface area (Å²) in [4.78, 5) is 4.21. The predicted octanol–water partition coefficient (Wildman–Crippen LogP) is 7.01. The number of amidine groups is 1. The normalized spacial score (nSPS) is 17.9. The van der Waals surface area contributed by atoms with Crippen LogP contribution in [0.2, 0.25) is 0 Å². The molecule has 1 aliphatic carbocycles. The number of benzene rings is 1. The van der Waals surface area contributed by atoms with Crippen molar-refractivity contribution in [3.63, 3.8) is 0 Å². The third kappa shape index (κ3) is 5.62. The summed E-state index contributed by atoms with van der Waals surface area (Å²) in [7, 11) is 0. The van der Waals surface area contributed by atoms with E-state index in [0.29, 0.717) is 11.9 Å². The van der Waals surface area contributed by atoms with Gasteiger partial charge >= 0.3 is 0 Å². The highest BCUT2D eigenvalue weighted by molar-refractivity contribution is 5.91. The number of nitrogens with zero attached hydrogens (tertiary/aromatic N) is 1. The molecular formula is C26H45N3. The molecule has 1 aromatic rings. The first-order valence-corrected chi connectivity index (χ1v) is 11.0. The Balaban J connectivity index is 0. The van der Waals surface area contributed by atoms with Gasteiger partial charge in [-0.3, -0.25) is 0 Å². The zero-order valence-electron chi connectivity index (χ0n) is 20.2. The van der Waals surface area contributed by atoms with Crippen molar-refractivity contribution in [3.05, 3.63) is 63.0 Å². The zero-order chi connectivity index (χ0) is 22.3. The van der Waals surface area contributed by atoms with Crippen LogP contribution in [-0.4, -0.2) is 11.9 Å². The van der Waals surface area contributed by atoms with Crippen LogP contribution < -0.4 is 11.1 Å². The molecule has 1 aromatic carbocycles. The second-order valence-corrected chi connectivity index (χ2v) is 7.56. The minimum atomic E-state index is 0. The summed E-state index contributed by atoms with van der Waals surface area (Å²) in [5, 5.41) is 3.70. The standard InChI is InChI=1S/C22H29N3.2C2H6.2H2/c1-12(11-24-17(6)23)7-19-9-18-10-20-14(3)8-13(2)15(4)21(20)22(18)16(5)25-19;2*1-2;;/h8-9,11,19,25H,7,10H2,1-6H3,(H2,23,24);2*1-2H3;2*1H/b12-11+;;;;. The number of rotatable bonds is 3. The molecule has 0 radical (unpaired) electrons. The van der Waals surface area contributed by atoms with Crippen LogP contribution in [0, 0.1) is 20.8 Å². The van der Waals surface area contributed by atoms with Crippen molar-refractivity contribution in [3.8, 4) is 0 Å². The lowest BCUT2D eigenvalue weighted by Crippen LogP contribution is -2.30. The molecule has 0 saturated heterocycles. The van der Waals surface area contributed by atoms with Crippen LogP contribution in [0.4, 0.5) is 0 Å². The maximum Gasteiger partial charge on any atom is 0.0957 e. The van der Waals surface area contributed by atoms with E-state index in [9.17, 15) is 0 Å². The molecule has 29 heavy (non-hydrogen) atoms. The van der Waals surface area contributed by atoms with E-state index in [1.165, 1.54) is 50.2 Å². The summed E-state index contributed by atoms with van der Waals surface area (Å²) in [6.45, 7) is 20.8. The molecular weight excluding hydrogens is 354 g/mol. The SMILES string of the molecule is CC.CC.CC(N)=N/C=C(\C)CC1C=C2Cc3c(C)cc(C)c(C)c3C2=C(C)N1.[HH].[HH]. The molecule has 1 atom stereocenters. The van der Waals surface area contributed by atoms with E-state index in [0.717, 1.165) is 12.8 Å². The number of hydrogen-bond donors (Lipinski definition) is 2. The van der Waals surface area contributed by atoms with Crippen molar-refractivity contribution in [2.75, 3.05) is 0 Å². The highest BCUT2D eigenvalue weighted by atomic mass is 14.9. The first-order valence-electron chi connectivity index (χ1n) is 11.0. The summed E-state index contributed by atoms with van der Waals surface area (Å²) in [5.41, 5.74) is 18.2. The second-order valence-electron chi connectivity index (χ2n) is 7.56. The molecule has 0 bridgehead atoms. The number of nitrogens with two attached hydrogens (primary N) is 1. The first kappa shape index (κ1) is 24.7. The highest BCUT2D eigenvalue weighted by Crippen LogP contribution is 2.44. The van der Waals surface area contributed by atoms with Gasteiger partial charge in [-0.25, -0.2) is 4.99 Å². The van der Waals surface area contributed by atoms with Crippen molar-refractivity contribution in [1.29, 1.82) is 0 Å². The Morgan fingerprint density at radius 2 is 1.76 bits per heavy atom. The van der Waals surface area contributed by atoms with Gasteiger partial charge in [0.1, 0.15) is 0 Å². The van der Waals surface area contributed by atoms with Crippen LogP contribution in [0.1, 0.15) is 85.6 Å². The Bertz CT molecular complexity index is 858. The average molecular weight is 400 g/mol. The molecule has 0 fully saturated rings. The number of dihydropyridines is 1. The zero-order valence-corrected chi connectivity index (χ0v) is 20.2. The van der Waals surface area contributed by atoms with Crippen LogP contribution in [-0.2, 0) is 6.42 Å². The number of fused-ring (bicyclic) bond motifs is 3. The number of aliphatic imine (C=N–C) groups is 1. The van der Waals surface area contributed by atoms with Gasteiger partial charge in [0.05, 0.1) is 5.84 Å². The number of hydrogen-bond acceptors (Lipinski definition) is 2. The molecule has 0 spiro atoms. The Morgan fingerprint density at radius 3 is 2.34 bits per heavy atom. The fourth-order valence-corrected chi connectivity index (χ4v) is 4.07. The lowest BCUT2D eigenvalue weighted by molar-refractivity contribution is 0.651. The number of allylic oxidation sites excluding steroid dienone is 3. The molecule has 0 aromatic heterocycles. The molecule has 3 nitrogen and oxygen atoms in total. The van der Waals surface area contributed by atoms with E-state index >= 15 is 0 Å². The molecule has 164 valence electrons. The van der Waals surface area contributed by atoms with Crippen molar-refractivity contribution >= 4 is 11.4 Å². The minimum Gasteiger partial charge on any atom is -0.387 e. The van der Waals surface area contributed by atoms with Gasteiger partial charge in [0.25, 0.3) is 0 Å². The predicted molar refractivity (Wildman–Crippen MR) is 135 cm³/mol. The summed E-state index contributed by atoms with van der Waals surface area (Å²) in [6.07, 6.45) is 6.28. The molecule has 1 aliphatic heterocycles. The van der Waals surface area contributed by atoms with E-state index in [1.54, 1.807) is 0 Å². The summed E-state index contributed by atoms with van der Waals surface area (Å²) in [5.74, 6) is 0.597. The Hall–Kier alpha value is -2.29. The van der Waals surface area contributed by atoms with Gasteiger partial charge in [0.2, 0.25) is 0 Å². The summed E-state index contributed by atoms with van der Waals surface area (Å²) < 4.78 is 0. The third-order valence-electron chi connectivity index (χ3n) is 5.33. The van der Waals surface area contributed by atoms with Gasteiger partial charge in [0, 0.05) is 26.4 Å². The van der Waals surface area contributed by atoms with E-state index in [-0.39, 0.29) is 2.85 Å². The summed E-state index contributed by atoms with van der Waals surface area (Å²) >= 11 is 0. The fraction of sp³-hybridized carbons (Fsp3) is 0.500. The summed E-state index contributed by atoms with van der Waals surface area (Å²) in [6, 6.07) is 2.65. The maximum atomic E-state index is 5.63. The minimum absolute atomic E-state index is 0. The average Bonchev–Trinajstić information content (AvgIpc) is 3.08. The molecule has 1 unspecified atom stereocenters. The van der Waals surface area contributed by atoms with Crippen LogP contribution in [0.5, 0.6) is 0 Å². The monoisotopic (exact) mass is 399 g/mol. The molecule has 0 amide bonds. The Kier molecular flexibility index (Phi) is 9.42. The van der Waals surface area contributed by atoms with Crippen LogP contribution >= 0.6 is 0 Å². The van der Waals surface area contributed by atoms with Crippen molar-refractivity contribution in [2.45, 2.75) is 88.1 Å². The quantitative estimate of drug-likeness (QED) is 0.424. The molecule has 0 saturated carbocycles.